The minimum Gasteiger partial charge on any atom is -0.497 e. The fourth-order valence-electron chi connectivity index (χ4n) is 2.97. The summed E-state index contributed by atoms with van der Waals surface area (Å²) in [5.74, 6) is 1.40. The van der Waals surface area contributed by atoms with Gasteiger partial charge in [-0.05, 0) is 50.3 Å². The topological polar surface area (TPSA) is 55.6 Å². The molecular formula is C17H27ClN2O2. The lowest BCUT2D eigenvalue weighted by molar-refractivity contribution is -0.133. The van der Waals surface area contributed by atoms with E-state index in [-0.39, 0.29) is 30.3 Å². The summed E-state index contributed by atoms with van der Waals surface area (Å²) in [5, 5.41) is 0. The number of rotatable bonds is 4. The second-order valence-electron chi connectivity index (χ2n) is 6.02. The summed E-state index contributed by atoms with van der Waals surface area (Å²) < 4.78 is 5.23. The predicted octanol–water partition coefficient (Wildman–Crippen LogP) is 2.81. The number of benzene rings is 1. The largest absolute Gasteiger partial charge is 0.497 e. The summed E-state index contributed by atoms with van der Waals surface area (Å²) in [7, 11) is 1.64. The fraction of sp³-hybridized carbons (Fsp3) is 0.588. The zero-order valence-electron chi connectivity index (χ0n) is 13.6. The fourth-order valence-corrected chi connectivity index (χ4v) is 2.97. The van der Waals surface area contributed by atoms with Crippen molar-refractivity contribution in [1.82, 2.24) is 4.90 Å². The van der Waals surface area contributed by atoms with Crippen LogP contribution < -0.4 is 10.5 Å². The van der Waals surface area contributed by atoms with Gasteiger partial charge in [0, 0.05) is 19.1 Å². The number of piperidine rings is 1. The number of hydrogen-bond donors (Lipinski definition) is 1. The van der Waals surface area contributed by atoms with Crippen molar-refractivity contribution in [1.29, 1.82) is 0 Å². The molecule has 124 valence electrons. The first kappa shape index (κ1) is 18.8. The van der Waals surface area contributed by atoms with E-state index in [4.69, 9.17) is 10.5 Å². The van der Waals surface area contributed by atoms with Gasteiger partial charge in [0.1, 0.15) is 5.75 Å². The number of amides is 1. The van der Waals surface area contributed by atoms with E-state index in [9.17, 15) is 4.79 Å². The number of carbonyl (C=O) groups is 1. The predicted molar refractivity (Wildman–Crippen MR) is 91.6 cm³/mol. The number of halogens is 1. The van der Waals surface area contributed by atoms with Gasteiger partial charge in [0.05, 0.1) is 13.0 Å². The van der Waals surface area contributed by atoms with Crippen LogP contribution in [0.5, 0.6) is 5.75 Å². The SMILES string of the molecule is COc1cccc(C(C)C(=O)N2CCC(C(C)N)CC2)c1.Cl. The number of nitrogens with zero attached hydrogens (tertiary/aromatic N) is 1. The minimum atomic E-state index is -0.132. The molecule has 0 aliphatic carbocycles. The molecule has 0 saturated carbocycles. The molecule has 1 aromatic rings. The number of ether oxygens (including phenoxy) is 1. The summed E-state index contributed by atoms with van der Waals surface area (Å²) in [4.78, 5) is 14.6. The molecule has 1 heterocycles. The van der Waals surface area contributed by atoms with E-state index in [1.165, 1.54) is 0 Å². The number of nitrogens with two attached hydrogens (primary N) is 1. The van der Waals surface area contributed by atoms with Crippen molar-refractivity contribution < 1.29 is 9.53 Å². The molecule has 0 aromatic heterocycles. The third-order valence-corrected chi connectivity index (χ3v) is 4.56. The first-order valence-corrected chi connectivity index (χ1v) is 7.71. The van der Waals surface area contributed by atoms with Crippen LogP contribution in [0.3, 0.4) is 0 Å². The molecule has 0 spiro atoms. The zero-order valence-corrected chi connectivity index (χ0v) is 14.4. The highest BCUT2D eigenvalue weighted by Gasteiger charge is 2.28. The average molecular weight is 327 g/mol. The molecule has 1 fully saturated rings. The smallest absolute Gasteiger partial charge is 0.229 e. The number of hydrogen-bond acceptors (Lipinski definition) is 3. The normalized spacial score (nSPS) is 18.3. The highest BCUT2D eigenvalue weighted by Crippen LogP contribution is 2.26. The Morgan fingerprint density at radius 2 is 1.95 bits per heavy atom. The Balaban J connectivity index is 0.00000242. The van der Waals surface area contributed by atoms with Crippen LogP contribution in [0.15, 0.2) is 24.3 Å². The lowest BCUT2D eigenvalue weighted by Gasteiger charge is -2.35. The second-order valence-corrected chi connectivity index (χ2v) is 6.02. The van der Waals surface area contributed by atoms with Crippen LogP contribution in [0, 0.1) is 5.92 Å². The van der Waals surface area contributed by atoms with Crippen LogP contribution in [0.1, 0.15) is 38.2 Å². The van der Waals surface area contributed by atoms with Gasteiger partial charge in [-0.25, -0.2) is 0 Å². The van der Waals surface area contributed by atoms with Gasteiger partial charge in [0.15, 0.2) is 0 Å². The van der Waals surface area contributed by atoms with Crippen molar-refractivity contribution >= 4 is 18.3 Å². The zero-order chi connectivity index (χ0) is 15.4. The van der Waals surface area contributed by atoms with Gasteiger partial charge < -0.3 is 15.4 Å². The van der Waals surface area contributed by atoms with Crippen LogP contribution in [0.25, 0.3) is 0 Å². The van der Waals surface area contributed by atoms with Gasteiger partial charge in [0.25, 0.3) is 0 Å². The molecule has 2 N–H and O–H groups in total. The molecule has 4 nitrogen and oxygen atoms in total. The van der Waals surface area contributed by atoms with E-state index in [1.807, 2.05) is 36.1 Å². The van der Waals surface area contributed by atoms with Crippen molar-refractivity contribution in [3.05, 3.63) is 29.8 Å². The molecule has 5 heteroatoms. The molecule has 22 heavy (non-hydrogen) atoms. The van der Waals surface area contributed by atoms with E-state index < -0.39 is 0 Å². The Morgan fingerprint density at radius 3 is 2.50 bits per heavy atom. The number of methoxy groups -OCH3 is 1. The Kier molecular flexibility index (Phi) is 7.17. The molecule has 1 aliphatic rings. The van der Waals surface area contributed by atoms with Crippen LogP contribution in [-0.2, 0) is 4.79 Å². The maximum Gasteiger partial charge on any atom is 0.229 e. The first-order valence-electron chi connectivity index (χ1n) is 7.71. The quantitative estimate of drug-likeness (QED) is 0.925. The Bertz CT molecular complexity index is 485. The lowest BCUT2D eigenvalue weighted by atomic mass is 9.90. The van der Waals surface area contributed by atoms with Gasteiger partial charge in [-0.2, -0.15) is 0 Å². The monoisotopic (exact) mass is 326 g/mol. The summed E-state index contributed by atoms with van der Waals surface area (Å²) in [6, 6.07) is 7.98. The Hall–Kier alpha value is -1.26. The van der Waals surface area contributed by atoms with Gasteiger partial charge in [-0.15, -0.1) is 12.4 Å². The molecule has 1 aromatic carbocycles. The molecule has 1 saturated heterocycles. The molecular weight excluding hydrogens is 300 g/mol. The first-order chi connectivity index (χ1) is 10.0. The Morgan fingerprint density at radius 1 is 1.32 bits per heavy atom. The Labute approximate surface area is 139 Å². The van der Waals surface area contributed by atoms with E-state index >= 15 is 0 Å². The second kappa shape index (κ2) is 8.39. The standard InChI is InChI=1S/C17H26N2O2.ClH/c1-12(15-5-4-6-16(11-15)21-3)17(20)19-9-7-14(8-10-19)13(2)18;/h4-6,11-14H,7-10,18H2,1-3H3;1H. The van der Waals surface area contributed by atoms with Crippen LogP contribution in [-0.4, -0.2) is 37.0 Å². The van der Waals surface area contributed by atoms with Crippen molar-refractivity contribution in [3.63, 3.8) is 0 Å². The maximum absolute atomic E-state index is 12.6. The lowest BCUT2D eigenvalue weighted by Crippen LogP contribution is -2.43. The van der Waals surface area contributed by atoms with Crippen LogP contribution in [0.4, 0.5) is 0 Å². The number of likely N-dealkylation sites (tertiary alicyclic amines) is 1. The van der Waals surface area contributed by atoms with E-state index in [1.54, 1.807) is 7.11 Å². The highest BCUT2D eigenvalue weighted by molar-refractivity contribution is 5.85. The van der Waals surface area contributed by atoms with E-state index in [2.05, 4.69) is 6.92 Å². The van der Waals surface area contributed by atoms with Gasteiger partial charge in [-0.1, -0.05) is 12.1 Å². The molecule has 0 radical (unpaired) electrons. The summed E-state index contributed by atoms with van der Waals surface area (Å²) >= 11 is 0. The summed E-state index contributed by atoms with van der Waals surface area (Å²) in [5.41, 5.74) is 6.96. The molecule has 1 amide bonds. The average Bonchev–Trinajstić information content (AvgIpc) is 2.53. The van der Waals surface area contributed by atoms with Crippen molar-refractivity contribution in [3.8, 4) is 5.75 Å². The number of carbonyl (C=O) groups excluding carboxylic acids is 1. The van der Waals surface area contributed by atoms with Crippen molar-refractivity contribution in [2.75, 3.05) is 20.2 Å². The molecule has 2 unspecified atom stereocenters. The van der Waals surface area contributed by atoms with Crippen molar-refractivity contribution in [2.45, 2.75) is 38.6 Å². The van der Waals surface area contributed by atoms with E-state index in [0.29, 0.717) is 5.92 Å². The molecule has 0 bridgehead atoms. The van der Waals surface area contributed by atoms with Crippen LogP contribution in [0.2, 0.25) is 0 Å². The van der Waals surface area contributed by atoms with Crippen molar-refractivity contribution in [2.24, 2.45) is 11.7 Å². The molecule has 2 atom stereocenters. The molecule has 2 rings (SSSR count). The maximum atomic E-state index is 12.6. The highest BCUT2D eigenvalue weighted by atomic mass is 35.5. The minimum absolute atomic E-state index is 0. The van der Waals surface area contributed by atoms with Gasteiger partial charge in [-0.3, -0.25) is 4.79 Å². The van der Waals surface area contributed by atoms with Gasteiger partial charge in [0.2, 0.25) is 5.91 Å². The third kappa shape index (κ3) is 4.37. The van der Waals surface area contributed by atoms with E-state index in [0.717, 1.165) is 37.2 Å². The summed E-state index contributed by atoms with van der Waals surface area (Å²) in [6.45, 7) is 5.66. The summed E-state index contributed by atoms with van der Waals surface area (Å²) in [6.07, 6.45) is 2.02. The third-order valence-electron chi connectivity index (χ3n) is 4.56. The van der Waals surface area contributed by atoms with Gasteiger partial charge >= 0.3 is 0 Å². The molecule has 1 aliphatic heterocycles. The van der Waals surface area contributed by atoms with Crippen LogP contribution >= 0.6 is 12.4 Å².